The molecule has 0 aliphatic rings. The van der Waals surface area contributed by atoms with E-state index in [1.54, 1.807) is 32.6 Å². The predicted molar refractivity (Wildman–Crippen MR) is 126 cm³/mol. The maximum atomic E-state index is 8.34. The number of nitrogens with zero attached hydrogens (tertiary/aromatic N) is 4. The quantitative estimate of drug-likeness (QED) is 0.406. The molecule has 3 aromatic rings. The zero-order chi connectivity index (χ0) is 23.1. The molecule has 0 aliphatic heterocycles. The van der Waals surface area contributed by atoms with Crippen molar-refractivity contribution < 1.29 is 9.47 Å². The lowest BCUT2D eigenvalue weighted by atomic mass is 10.1. The van der Waals surface area contributed by atoms with Gasteiger partial charge in [-0.2, -0.15) is 0 Å². The summed E-state index contributed by atoms with van der Waals surface area (Å²) in [5.74, 6) is 1.72. The van der Waals surface area contributed by atoms with Gasteiger partial charge in [0.05, 0.1) is 61.0 Å². The summed E-state index contributed by atoms with van der Waals surface area (Å²) in [5.41, 5.74) is 3.87. The van der Waals surface area contributed by atoms with E-state index in [-0.39, 0.29) is 6.04 Å². The van der Waals surface area contributed by atoms with Crippen molar-refractivity contribution in [2.75, 3.05) is 24.4 Å². The molecule has 3 heterocycles. The van der Waals surface area contributed by atoms with Gasteiger partial charge in [-0.15, -0.1) is 0 Å². The maximum Gasteiger partial charge on any atom is 0.222 e. The van der Waals surface area contributed by atoms with E-state index in [0.29, 0.717) is 47.7 Å². The number of aromatic nitrogens is 4. The van der Waals surface area contributed by atoms with E-state index in [4.69, 9.17) is 19.9 Å². The minimum absolute atomic E-state index is 0.149. The Morgan fingerprint density at radius 1 is 1.19 bits per heavy atom. The predicted octanol–water partition coefficient (Wildman–Crippen LogP) is 4.16. The Hall–Kier alpha value is -3.75. The molecule has 0 atom stereocenters. The summed E-state index contributed by atoms with van der Waals surface area (Å²) < 4.78 is 10.8. The zero-order valence-corrected chi connectivity index (χ0v) is 19.1. The second kappa shape index (κ2) is 10.5. The summed E-state index contributed by atoms with van der Waals surface area (Å²) in [7, 11) is 1.58. The third-order valence-electron chi connectivity index (χ3n) is 4.49. The summed E-state index contributed by atoms with van der Waals surface area (Å²) in [6, 6.07) is 5.83. The van der Waals surface area contributed by atoms with Crippen LogP contribution in [0, 0.1) is 5.41 Å². The first-order chi connectivity index (χ1) is 15.4. The summed E-state index contributed by atoms with van der Waals surface area (Å²) in [6.45, 7) is 8.61. The van der Waals surface area contributed by atoms with Crippen molar-refractivity contribution in [1.29, 1.82) is 5.41 Å². The Morgan fingerprint density at radius 3 is 2.56 bits per heavy atom. The molecule has 3 aromatic heterocycles. The molecule has 9 heteroatoms. The molecule has 0 aliphatic carbocycles. The van der Waals surface area contributed by atoms with Gasteiger partial charge in [-0.25, -0.2) is 19.9 Å². The lowest BCUT2D eigenvalue weighted by Gasteiger charge is -2.21. The van der Waals surface area contributed by atoms with Crippen LogP contribution in [-0.2, 0) is 6.54 Å². The van der Waals surface area contributed by atoms with Gasteiger partial charge in [0.15, 0.2) is 5.75 Å². The summed E-state index contributed by atoms with van der Waals surface area (Å²) in [4.78, 5) is 17.8. The number of hydrogen-bond donors (Lipinski definition) is 3. The molecule has 3 N–H and O–H groups in total. The van der Waals surface area contributed by atoms with E-state index in [1.807, 2.05) is 39.0 Å². The number of nitrogens with one attached hydrogen (secondary N) is 3. The zero-order valence-electron chi connectivity index (χ0n) is 19.1. The third kappa shape index (κ3) is 5.48. The van der Waals surface area contributed by atoms with Crippen molar-refractivity contribution in [2.24, 2.45) is 0 Å². The van der Waals surface area contributed by atoms with Crippen LogP contribution in [0.3, 0.4) is 0 Å². The van der Waals surface area contributed by atoms with Crippen molar-refractivity contribution in [3.63, 3.8) is 0 Å². The molecule has 0 unspecified atom stereocenters. The Morgan fingerprint density at radius 2 is 1.94 bits per heavy atom. The van der Waals surface area contributed by atoms with E-state index in [2.05, 4.69) is 25.6 Å². The van der Waals surface area contributed by atoms with Crippen molar-refractivity contribution in [1.82, 2.24) is 19.9 Å². The molecule has 0 spiro atoms. The van der Waals surface area contributed by atoms with Crippen LogP contribution in [0.15, 0.2) is 36.8 Å². The van der Waals surface area contributed by atoms with Crippen LogP contribution < -0.4 is 20.1 Å². The van der Waals surface area contributed by atoms with Crippen molar-refractivity contribution >= 4 is 17.1 Å². The van der Waals surface area contributed by atoms with Gasteiger partial charge in [-0.3, -0.25) is 0 Å². The van der Waals surface area contributed by atoms with Crippen molar-refractivity contribution in [3.05, 3.63) is 48.3 Å². The monoisotopic (exact) mass is 435 g/mol. The van der Waals surface area contributed by atoms with Gasteiger partial charge in [0.1, 0.15) is 11.5 Å². The van der Waals surface area contributed by atoms with E-state index in [1.165, 1.54) is 0 Å². The standard InChI is InChI=1S/C23H29N7O2/c1-6-32-23-17(8-7-9-25-23)18-10-19(22(29-14(2)3)21(30-18)15(4)24)26-13-20-27-11-16(31-5)12-28-20/h7-12,14,24,29H,6,13H2,1-5H3,(H,26,30). The van der Waals surface area contributed by atoms with Gasteiger partial charge in [0.25, 0.3) is 0 Å². The Kier molecular flexibility index (Phi) is 7.54. The molecular formula is C23H29N7O2. The molecule has 32 heavy (non-hydrogen) atoms. The fourth-order valence-electron chi connectivity index (χ4n) is 3.08. The fraction of sp³-hybridized carbons (Fsp3) is 0.348. The van der Waals surface area contributed by atoms with Gasteiger partial charge in [-0.05, 0) is 45.9 Å². The highest BCUT2D eigenvalue weighted by atomic mass is 16.5. The second-order valence-electron chi connectivity index (χ2n) is 7.38. The van der Waals surface area contributed by atoms with Gasteiger partial charge in [0.2, 0.25) is 5.88 Å². The second-order valence-corrected chi connectivity index (χ2v) is 7.38. The van der Waals surface area contributed by atoms with Crippen LogP contribution in [0.2, 0.25) is 0 Å². The van der Waals surface area contributed by atoms with Gasteiger partial charge in [-0.1, -0.05) is 0 Å². The summed E-state index contributed by atoms with van der Waals surface area (Å²) in [6.07, 6.45) is 4.95. The topological polar surface area (TPSA) is 118 Å². The number of ether oxygens (including phenoxy) is 2. The van der Waals surface area contributed by atoms with Crippen molar-refractivity contribution in [3.8, 4) is 22.9 Å². The molecule has 0 bridgehead atoms. The minimum Gasteiger partial charge on any atom is -0.494 e. The number of anilines is 2. The van der Waals surface area contributed by atoms with E-state index in [0.717, 1.165) is 16.9 Å². The average Bonchev–Trinajstić information content (AvgIpc) is 2.78. The third-order valence-corrected chi connectivity index (χ3v) is 4.49. The lowest BCUT2D eigenvalue weighted by molar-refractivity contribution is 0.328. The Bertz CT molecular complexity index is 1070. The molecule has 3 rings (SSSR count). The molecule has 0 amide bonds. The van der Waals surface area contributed by atoms with Crippen LogP contribution in [0.5, 0.6) is 11.6 Å². The van der Waals surface area contributed by atoms with Crippen LogP contribution in [0.1, 0.15) is 39.2 Å². The normalized spacial score (nSPS) is 10.7. The summed E-state index contributed by atoms with van der Waals surface area (Å²) >= 11 is 0. The van der Waals surface area contributed by atoms with Crippen LogP contribution in [-0.4, -0.2) is 45.4 Å². The van der Waals surface area contributed by atoms with Crippen molar-refractivity contribution in [2.45, 2.75) is 40.3 Å². The first-order valence-corrected chi connectivity index (χ1v) is 10.5. The summed E-state index contributed by atoms with van der Waals surface area (Å²) in [5, 5.41) is 15.2. The minimum atomic E-state index is 0.149. The van der Waals surface area contributed by atoms with Crippen LogP contribution in [0.25, 0.3) is 11.3 Å². The first kappa shape index (κ1) is 22.9. The van der Waals surface area contributed by atoms with Gasteiger partial charge in [0, 0.05) is 12.2 Å². The molecule has 0 radical (unpaired) electrons. The highest BCUT2D eigenvalue weighted by Gasteiger charge is 2.18. The largest absolute Gasteiger partial charge is 0.494 e. The van der Waals surface area contributed by atoms with Crippen LogP contribution in [0.4, 0.5) is 11.4 Å². The smallest absolute Gasteiger partial charge is 0.222 e. The number of pyridine rings is 2. The number of methoxy groups -OCH3 is 1. The average molecular weight is 436 g/mol. The maximum absolute atomic E-state index is 8.34. The molecule has 0 aromatic carbocycles. The molecule has 0 fully saturated rings. The van der Waals surface area contributed by atoms with Gasteiger partial charge < -0.3 is 25.5 Å². The SMILES string of the molecule is CCOc1ncccc1-c1cc(NCc2ncc(OC)cn2)c(NC(C)C)c(C(C)=N)n1. The molecule has 9 nitrogen and oxygen atoms in total. The lowest BCUT2D eigenvalue weighted by Crippen LogP contribution is -2.17. The highest BCUT2D eigenvalue weighted by Crippen LogP contribution is 2.34. The highest BCUT2D eigenvalue weighted by molar-refractivity contribution is 6.03. The number of hydrogen-bond acceptors (Lipinski definition) is 9. The first-order valence-electron chi connectivity index (χ1n) is 10.5. The fourth-order valence-corrected chi connectivity index (χ4v) is 3.08. The molecule has 0 saturated carbocycles. The van der Waals surface area contributed by atoms with Crippen LogP contribution >= 0.6 is 0 Å². The van der Waals surface area contributed by atoms with E-state index in [9.17, 15) is 0 Å². The molecule has 0 saturated heterocycles. The molecule has 168 valence electrons. The Labute approximate surface area is 188 Å². The van der Waals surface area contributed by atoms with Gasteiger partial charge >= 0.3 is 0 Å². The van der Waals surface area contributed by atoms with E-state index < -0.39 is 0 Å². The number of rotatable bonds is 10. The Balaban J connectivity index is 2.06. The van der Waals surface area contributed by atoms with E-state index >= 15 is 0 Å². The molecular weight excluding hydrogens is 406 g/mol.